The van der Waals surface area contributed by atoms with Crippen LogP contribution in [0, 0.1) is 6.92 Å². The van der Waals surface area contributed by atoms with Crippen LogP contribution in [-0.2, 0) is 0 Å². The Labute approximate surface area is 187 Å². The van der Waals surface area contributed by atoms with E-state index in [-0.39, 0.29) is 0 Å². The lowest BCUT2D eigenvalue weighted by molar-refractivity contribution is 1.18. The Morgan fingerprint density at radius 2 is 1.19 bits per heavy atom. The molecule has 0 bridgehead atoms. The van der Waals surface area contributed by atoms with Crippen LogP contribution in [0.3, 0.4) is 0 Å². The van der Waals surface area contributed by atoms with Crippen LogP contribution in [0.15, 0.2) is 98.1 Å². The number of para-hydroxylation sites is 1. The van der Waals surface area contributed by atoms with Crippen molar-refractivity contribution < 1.29 is 0 Å². The molecule has 32 heavy (non-hydrogen) atoms. The first-order valence-corrected chi connectivity index (χ1v) is 10.9. The Morgan fingerprint density at radius 1 is 0.562 bits per heavy atom. The van der Waals surface area contributed by atoms with Gasteiger partial charge in [0.15, 0.2) is 0 Å². The molecule has 0 fully saturated rings. The van der Waals surface area contributed by atoms with Gasteiger partial charge in [-0.25, -0.2) is 0 Å². The van der Waals surface area contributed by atoms with Crippen LogP contribution in [0.2, 0.25) is 0 Å². The molecule has 0 atom stereocenters. The Hall–Kier alpha value is -4.10. The predicted molar refractivity (Wildman–Crippen MR) is 141 cm³/mol. The van der Waals surface area contributed by atoms with Gasteiger partial charge in [0.1, 0.15) is 0 Å². The van der Waals surface area contributed by atoms with Crippen molar-refractivity contribution in [2.45, 2.75) is 6.92 Å². The molecular formula is C31H23N. The smallest absolute Gasteiger partial charge is 0.0541 e. The molecule has 0 N–H and O–H groups in total. The molecule has 0 amide bonds. The number of aromatic nitrogens is 1. The minimum atomic E-state index is 1.13. The maximum absolute atomic E-state index is 4.14. The summed E-state index contributed by atoms with van der Waals surface area (Å²) in [5.74, 6) is 0. The first-order valence-electron chi connectivity index (χ1n) is 10.9. The van der Waals surface area contributed by atoms with E-state index in [1.165, 1.54) is 48.9 Å². The van der Waals surface area contributed by atoms with Crippen LogP contribution in [0.5, 0.6) is 0 Å². The van der Waals surface area contributed by atoms with Gasteiger partial charge in [0.05, 0.1) is 11.0 Å². The zero-order valence-corrected chi connectivity index (χ0v) is 18.1. The summed E-state index contributed by atoms with van der Waals surface area (Å²) in [4.78, 5) is 0. The molecule has 1 heteroatoms. The van der Waals surface area contributed by atoms with E-state index in [1.807, 2.05) is 12.2 Å². The lowest BCUT2D eigenvalue weighted by Gasteiger charge is -2.15. The topological polar surface area (TPSA) is 4.93 Å². The first kappa shape index (κ1) is 18.7. The van der Waals surface area contributed by atoms with Crippen LogP contribution in [0.25, 0.3) is 61.2 Å². The fourth-order valence-electron chi connectivity index (χ4n) is 5.18. The van der Waals surface area contributed by atoms with Gasteiger partial charge < -0.3 is 4.57 Å². The second kappa shape index (κ2) is 6.96. The maximum Gasteiger partial charge on any atom is 0.0541 e. The normalized spacial score (nSPS) is 11.5. The van der Waals surface area contributed by atoms with Crippen molar-refractivity contribution in [1.82, 2.24) is 4.57 Å². The molecule has 1 nitrogen and oxygen atoms in total. The van der Waals surface area contributed by atoms with Crippen molar-refractivity contribution >= 4 is 55.5 Å². The van der Waals surface area contributed by atoms with Crippen LogP contribution < -0.4 is 0 Å². The quantitative estimate of drug-likeness (QED) is 0.258. The fraction of sp³-hybridized carbons (Fsp3) is 0.0323. The summed E-state index contributed by atoms with van der Waals surface area (Å²) in [5.41, 5.74) is 7.14. The molecule has 0 aliphatic rings. The van der Waals surface area contributed by atoms with E-state index in [2.05, 4.69) is 110 Å². The van der Waals surface area contributed by atoms with Crippen molar-refractivity contribution in [2.24, 2.45) is 0 Å². The largest absolute Gasteiger partial charge is 0.309 e. The third-order valence-corrected chi connectivity index (χ3v) is 6.59. The van der Waals surface area contributed by atoms with E-state index >= 15 is 0 Å². The summed E-state index contributed by atoms with van der Waals surface area (Å²) >= 11 is 0. The molecule has 152 valence electrons. The van der Waals surface area contributed by atoms with Gasteiger partial charge in [-0.3, -0.25) is 0 Å². The van der Waals surface area contributed by atoms with Gasteiger partial charge >= 0.3 is 0 Å². The Kier molecular flexibility index (Phi) is 4.06. The lowest BCUT2D eigenvalue weighted by atomic mass is 9.91. The highest BCUT2D eigenvalue weighted by Gasteiger charge is 2.15. The number of hydrogen-bond donors (Lipinski definition) is 0. The van der Waals surface area contributed by atoms with Crippen LogP contribution in [0.1, 0.15) is 16.7 Å². The number of benzene rings is 5. The molecule has 1 heterocycles. The third kappa shape index (κ3) is 2.52. The van der Waals surface area contributed by atoms with Crippen LogP contribution in [0.4, 0.5) is 0 Å². The summed E-state index contributed by atoms with van der Waals surface area (Å²) in [6.07, 6.45) is 3.92. The number of nitrogens with zero attached hydrogens (tertiary/aromatic N) is 1. The highest BCUT2D eigenvalue weighted by Crippen LogP contribution is 2.38. The van der Waals surface area contributed by atoms with Gasteiger partial charge in [0.25, 0.3) is 0 Å². The summed E-state index contributed by atoms with van der Waals surface area (Å²) in [6, 6.07) is 30.7. The van der Waals surface area contributed by atoms with E-state index in [0.717, 1.165) is 16.8 Å². The average molecular weight is 410 g/mol. The van der Waals surface area contributed by atoms with Crippen LogP contribution in [-0.4, -0.2) is 4.57 Å². The molecule has 0 saturated heterocycles. The molecule has 0 saturated carbocycles. The van der Waals surface area contributed by atoms with Gasteiger partial charge in [-0.2, -0.15) is 0 Å². The maximum atomic E-state index is 4.14. The molecule has 1 aromatic heterocycles. The number of hydrogen-bond acceptors (Lipinski definition) is 0. The molecule has 0 radical (unpaired) electrons. The molecule has 6 aromatic rings. The third-order valence-electron chi connectivity index (χ3n) is 6.59. The Balaban J connectivity index is 1.77. The minimum absolute atomic E-state index is 1.13. The van der Waals surface area contributed by atoms with Gasteiger partial charge in [-0.15, -0.1) is 0 Å². The number of rotatable bonds is 3. The molecule has 6 rings (SSSR count). The Bertz CT molecular complexity index is 1710. The van der Waals surface area contributed by atoms with Crippen LogP contribution >= 0.6 is 0 Å². The standard InChI is InChI=1S/C31H23N/c1-4-22-23(5-2)28-19-21(15-16-26(28)25-11-7-6-10-24(22)25)32-30-13-9-8-12-27(30)29-18-20(3)14-17-31(29)32/h4-19H,1-2H2,3H3. The van der Waals surface area contributed by atoms with Gasteiger partial charge in [-0.1, -0.05) is 85.5 Å². The second-order valence-corrected chi connectivity index (χ2v) is 8.38. The summed E-state index contributed by atoms with van der Waals surface area (Å²) < 4.78 is 2.37. The van der Waals surface area contributed by atoms with Crippen molar-refractivity contribution in [3.05, 3.63) is 115 Å². The molecule has 0 aliphatic carbocycles. The van der Waals surface area contributed by atoms with Gasteiger partial charge in [0, 0.05) is 16.5 Å². The lowest BCUT2D eigenvalue weighted by Crippen LogP contribution is -1.96. The zero-order chi connectivity index (χ0) is 21.8. The molecule has 0 spiro atoms. The summed E-state index contributed by atoms with van der Waals surface area (Å²) in [6.45, 7) is 10.4. The Morgan fingerprint density at radius 3 is 1.97 bits per heavy atom. The first-order chi connectivity index (χ1) is 15.7. The SMILES string of the molecule is C=Cc1c(C=C)c2cc(-n3c4ccccc4c4cc(C)ccc43)ccc2c2ccccc12. The zero-order valence-electron chi connectivity index (χ0n) is 18.1. The molecular weight excluding hydrogens is 386 g/mol. The van der Waals surface area contributed by atoms with Crippen molar-refractivity contribution in [3.8, 4) is 5.69 Å². The van der Waals surface area contributed by atoms with E-state index < -0.39 is 0 Å². The number of aryl methyl sites for hydroxylation is 1. The van der Waals surface area contributed by atoms with Crippen molar-refractivity contribution in [3.63, 3.8) is 0 Å². The van der Waals surface area contributed by atoms with Crippen molar-refractivity contribution in [2.75, 3.05) is 0 Å². The number of fused-ring (bicyclic) bond motifs is 6. The molecule has 0 aliphatic heterocycles. The highest BCUT2D eigenvalue weighted by atomic mass is 15.0. The predicted octanol–water partition coefficient (Wildman–Crippen LogP) is 8.68. The minimum Gasteiger partial charge on any atom is -0.309 e. The van der Waals surface area contributed by atoms with E-state index in [4.69, 9.17) is 0 Å². The highest BCUT2D eigenvalue weighted by molar-refractivity contribution is 6.15. The van der Waals surface area contributed by atoms with Gasteiger partial charge in [0.2, 0.25) is 0 Å². The van der Waals surface area contributed by atoms with E-state index in [0.29, 0.717) is 0 Å². The summed E-state index contributed by atoms with van der Waals surface area (Å²) in [5, 5.41) is 7.46. The monoisotopic (exact) mass is 409 g/mol. The van der Waals surface area contributed by atoms with Crippen molar-refractivity contribution in [1.29, 1.82) is 0 Å². The van der Waals surface area contributed by atoms with E-state index in [1.54, 1.807) is 0 Å². The molecule has 0 unspecified atom stereocenters. The fourth-order valence-corrected chi connectivity index (χ4v) is 5.18. The average Bonchev–Trinajstić information content (AvgIpc) is 3.16. The molecule has 5 aromatic carbocycles. The second-order valence-electron chi connectivity index (χ2n) is 8.38. The summed E-state index contributed by atoms with van der Waals surface area (Å²) in [7, 11) is 0. The van der Waals surface area contributed by atoms with E-state index in [9.17, 15) is 0 Å². The van der Waals surface area contributed by atoms with Gasteiger partial charge in [-0.05, 0) is 69.9 Å².